The van der Waals surface area contributed by atoms with Crippen molar-refractivity contribution in [1.29, 1.82) is 5.26 Å². The van der Waals surface area contributed by atoms with Gasteiger partial charge in [-0.3, -0.25) is 0 Å². The number of hydrogen-bond acceptors (Lipinski definition) is 9. The monoisotopic (exact) mass is 518 g/mol. The predicted molar refractivity (Wildman–Crippen MR) is 143 cm³/mol. The molecular weight excluding hydrogens is 492 g/mol. The van der Waals surface area contributed by atoms with Crippen molar-refractivity contribution in [2.45, 2.75) is 24.8 Å². The molecule has 3 rings (SSSR count). The van der Waals surface area contributed by atoms with Crippen molar-refractivity contribution in [3.05, 3.63) is 71.4 Å². The fourth-order valence-electron chi connectivity index (χ4n) is 2.93. The first-order valence-corrected chi connectivity index (χ1v) is 12.9. The molecule has 1 heterocycles. The van der Waals surface area contributed by atoms with E-state index in [9.17, 15) is 14.1 Å². The average Bonchev–Trinajstić information content (AvgIpc) is 2.88. The summed E-state index contributed by atoms with van der Waals surface area (Å²) in [7, 11) is -3.08. The SMILES string of the molecule is C=S(=O)(NC(=O)OCC)c1ccc(Nc2ncc(C#Cc3ccc(C#N)cc3)c(N[C@H](C)CO)n2)cc1. The van der Waals surface area contributed by atoms with Crippen LogP contribution in [0.5, 0.6) is 0 Å². The van der Waals surface area contributed by atoms with Gasteiger partial charge >= 0.3 is 6.09 Å². The number of amides is 1. The van der Waals surface area contributed by atoms with E-state index in [1.165, 1.54) is 0 Å². The molecule has 0 spiro atoms. The number of nitriles is 1. The van der Waals surface area contributed by atoms with E-state index in [1.54, 1.807) is 68.6 Å². The Morgan fingerprint density at radius 2 is 1.84 bits per heavy atom. The fourth-order valence-corrected chi connectivity index (χ4v) is 3.95. The summed E-state index contributed by atoms with van der Waals surface area (Å²) in [6.45, 7) is 3.48. The number of carbonyl (C=O) groups excluding carboxylic acids is 1. The molecule has 1 amide bonds. The van der Waals surface area contributed by atoms with Crippen LogP contribution < -0.4 is 15.4 Å². The molecule has 0 saturated heterocycles. The molecule has 4 N–H and O–H groups in total. The van der Waals surface area contributed by atoms with Crippen LogP contribution in [-0.4, -0.2) is 50.5 Å². The van der Waals surface area contributed by atoms with Gasteiger partial charge in [0, 0.05) is 22.2 Å². The molecule has 0 saturated carbocycles. The van der Waals surface area contributed by atoms with Gasteiger partial charge in [-0.25, -0.2) is 18.7 Å². The van der Waals surface area contributed by atoms with Crippen molar-refractivity contribution in [3.63, 3.8) is 0 Å². The lowest BCUT2D eigenvalue weighted by atomic mass is 10.1. The Hall–Kier alpha value is -4.58. The zero-order valence-electron chi connectivity index (χ0n) is 20.3. The Balaban J connectivity index is 1.81. The number of nitrogens with one attached hydrogen (secondary N) is 3. The van der Waals surface area contributed by atoms with Crippen LogP contribution in [0, 0.1) is 23.2 Å². The second kappa shape index (κ2) is 12.4. The van der Waals surface area contributed by atoms with Gasteiger partial charge in [-0.15, -0.1) is 0 Å². The third-order valence-corrected chi connectivity index (χ3v) is 6.35. The summed E-state index contributed by atoms with van der Waals surface area (Å²) >= 11 is 0. The Morgan fingerprint density at radius 3 is 2.46 bits per heavy atom. The molecule has 0 aliphatic rings. The molecule has 11 heteroatoms. The number of carbonyl (C=O) groups is 1. The van der Waals surface area contributed by atoms with Crippen LogP contribution in [0.3, 0.4) is 0 Å². The molecule has 2 atom stereocenters. The summed E-state index contributed by atoms with van der Waals surface area (Å²) in [6, 6.07) is 15.1. The molecule has 37 heavy (non-hydrogen) atoms. The number of ether oxygens (including phenoxy) is 1. The largest absolute Gasteiger partial charge is 0.449 e. The fraction of sp³-hybridized carbons (Fsp3) is 0.192. The van der Waals surface area contributed by atoms with E-state index in [0.717, 1.165) is 5.56 Å². The number of aliphatic hydroxyl groups excluding tert-OH is 1. The Morgan fingerprint density at radius 1 is 1.16 bits per heavy atom. The highest BCUT2D eigenvalue weighted by Gasteiger charge is 2.13. The maximum Gasteiger partial charge on any atom is 0.418 e. The molecular formula is C26H26N6O4S. The molecule has 1 unspecified atom stereocenters. The van der Waals surface area contributed by atoms with Gasteiger partial charge in [-0.1, -0.05) is 11.8 Å². The van der Waals surface area contributed by atoms with Crippen molar-refractivity contribution in [3.8, 4) is 17.9 Å². The minimum Gasteiger partial charge on any atom is -0.449 e. The summed E-state index contributed by atoms with van der Waals surface area (Å²) < 4.78 is 19.8. The van der Waals surface area contributed by atoms with Crippen molar-refractivity contribution in [2.24, 2.45) is 0 Å². The number of anilines is 3. The van der Waals surface area contributed by atoms with Gasteiger partial charge in [-0.2, -0.15) is 10.2 Å². The summed E-state index contributed by atoms with van der Waals surface area (Å²) in [6.07, 6.45) is 0.747. The van der Waals surface area contributed by atoms with E-state index in [-0.39, 0.29) is 25.2 Å². The first kappa shape index (κ1) is 27.0. The zero-order valence-corrected chi connectivity index (χ0v) is 21.1. The molecule has 2 aromatic carbocycles. The molecule has 0 bridgehead atoms. The lowest BCUT2D eigenvalue weighted by Crippen LogP contribution is -2.30. The number of aliphatic hydroxyl groups is 1. The van der Waals surface area contributed by atoms with Crippen LogP contribution in [0.2, 0.25) is 0 Å². The van der Waals surface area contributed by atoms with Crippen LogP contribution in [0.25, 0.3) is 0 Å². The zero-order chi connectivity index (χ0) is 26.8. The van der Waals surface area contributed by atoms with Crippen molar-refractivity contribution in [1.82, 2.24) is 14.7 Å². The molecule has 0 radical (unpaired) electrons. The Kier molecular flexibility index (Phi) is 9.05. The number of rotatable bonds is 8. The number of hydrogen-bond donors (Lipinski definition) is 4. The lowest BCUT2D eigenvalue weighted by Gasteiger charge is -2.15. The second-order valence-electron chi connectivity index (χ2n) is 7.77. The Bertz CT molecular complexity index is 1450. The highest BCUT2D eigenvalue weighted by atomic mass is 32.2. The smallest absolute Gasteiger partial charge is 0.418 e. The molecule has 0 aliphatic carbocycles. The maximum absolute atomic E-state index is 12.7. The van der Waals surface area contributed by atoms with Crippen LogP contribution in [0.1, 0.15) is 30.5 Å². The van der Waals surface area contributed by atoms with Gasteiger partial charge in [0.2, 0.25) is 5.95 Å². The lowest BCUT2D eigenvalue weighted by molar-refractivity contribution is 0.159. The van der Waals surface area contributed by atoms with E-state index >= 15 is 0 Å². The van der Waals surface area contributed by atoms with Crippen molar-refractivity contribution < 1.29 is 18.8 Å². The van der Waals surface area contributed by atoms with Gasteiger partial charge < -0.3 is 20.5 Å². The Labute approximate surface area is 215 Å². The van der Waals surface area contributed by atoms with Crippen LogP contribution >= 0.6 is 0 Å². The standard InChI is InChI=1S/C26H26N6O4S/c1-4-36-26(34)32-37(3,35)23-13-11-22(12-14-23)30-25-28-16-21(24(31-25)29-18(2)17-33)10-9-19-5-7-20(15-27)8-6-19/h5-8,11-14,16,18,33H,3-4,17H2,1-2H3,(H,32,34,35)(H2,28,29,30,31)/t18-,37?/m1/s1. The number of nitrogens with zero attached hydrogens (tertiary/aromatic N) is 3. The second-order valence-corrected chi connectivity index (χ2v) is 9.80. The van der Waals surface area contributed by atoms with Crippen LogP contribution in [0.15, 0.2) is 59.6 Å². The molecule has 0 fully saturated rings. The van der Waals surface area contributed by atoms with Gasteiger partial charge in [0.05, 0.1) is 46.3 Å². The molecule has 0 aliphatic heterocycles. The minimum atomic E-state index is -3.08. The summed E-state index contributed by atoms with van der Waals surface area (Å²) in [5.74, 6) is 10.3. The van der Waals surface area contributed by atoms with Crippen molar-refractivity contribution in [2.75, 3.05) is 23.8 Å². The van der Waals surface area contributed by atoms with Gasteiger partial charge in [0.25, 0.3) is 0 Å². The third kappa shape index (κ3) is 7.70. The van der Waals surface area contributed by atoms with Crippen LogP contribution in [0.4, 0.5) is 22.2 Å². The van der Waals surface area contributed by atoms with Gasteiger partial charge in [0.15, 0.2) is 0 Å². The highest BCUT2D eigenvalue weighted by molar-refractivity contribution is 7.99. The van der Waals surface area contributed by atoms with Crippen LogP contribution in [-0.2, 0) is 14.4 Å². The topological polar surface area (TPSA) is 149 Å². The minimum absolute atomic E-state index is 0.110. The first-order chi connectivity index (χ1) is 17.7. The summed E-state index contributed by atoms with van der Waals surface area (Å²) in [5, 5.41) is 24.6. The summed E-state index contributed by atoms with van der Waals surface area (Å²) in [5.41, 5.74) is 2.39. The summed E-state index contributed by atoms with van der Waals surface area (Å²) in [4.78, 5) is 20.8. The van der Waals surface area contributed by atoms with E-state index in [0.29, 0.717) is 27.5 Å². The molecule has 3 aromatic rings. The maximum atomic E-state index is 12.7. The molecule has 10 nitrogen and oxygen atoms in total. The van der Waals surface area contributed by atoms with E-state index in [1.807, 2.05) is 0 Å². The van der Waals surface area contributed by atoms with E-state index < -0.39 is 15.8 Å². The predicted octanol–water partition coefficient (Wildman–Crippen LogP) is 3.02. The van der Waals surface area contributed by atoms with Crippen molar-refractivity contribution >= 4 is 39.1 Å². The molecule has 190 valence electrons. The average molecular weight is 519 g/mol. The third-order valence-electron chi connectivity index (χ3n) is 4.82. The quantitative estimate of drug-likeness (QED) is 0.261. The van der Waals surface area contributed by atoms with E-state index in [2.05, 4.69) is 49.1 Å². The first-order valence-electron chi connectivity index (χ1n) is 11.2. The normalized spacial score (nSPS) is 12.6. The number of benzene rings is 2. The van der Waals surface area contributed by atoms with Gasteiger partial charge in [0.1, 0.15) is 5.82 Å². The van der Waals surface area contributed by atoms with E-state index in [4.69, 9.17) is 10.00 Å². The number of aromatic nitrogens is 2. The molecule has 1 aromatic heterocycles. The highest BCUT2D eigenvalue weighted by Crippen LogP contribution is 2.20. The van der Waals surface area contributed by atoms with Gasteiger partial charge in [-0.05, 0) is 68.2 Å².